The summed E-state index contributed by atoms with van der Waals surface area (Å²) in [5.74, 6) is -0.344. The molecular formula is C20H14ClFN2O2S2. The van der Waals surface area contributed by atoms with Gasteiger partial charge in [-0.25, -0.2) is 9.37 Å². The van der Waals surface area contributed by atoms with Crippen LogP contribution in [0.5, 0.6) is 0 Å². The van der Waals surface area contributed by atoms with Gasteiger partial charge in [0.1, 0.15) is 11.3 Å². The summed E-state index contributed by atoms with van der Waals surface area (Å²) in [7, 11) is 0. The van der Waals surface area contributed by atoms with Crippen LogP contribution in [-0.2, 0) is 4.79 Å². The number of nitrogens with zero attached hydrogens (tertiary/aromatic N) is 1. The standard InChI is InChI=1S/C20H14ClFN2O2S2/c21-13-5-8-15-16(10-13)26-20(23-15)28-11-18(25)24-19(17-2-1-9-27-17)12-3-6-14(22)7-4-12/h1-10,19H,11H2,(H,24,25)/t19-/m0/s1. The van der Waals surface area contributed by atoms with Gasteiger partial charge in [0.05, 0.1) is 11.8 Å². The second-order valence-electron chi connectivity index (χ2n) is 5.95. The van der Waals surface area contributed by atoms with E-state index < -0.39 is 0 Å². The third kappa shape index (κ3) is 4.38. The van der Waals surface area contributed by atoms with Crippen LogP contribution in [0.25, 0.3) is 11.1 Å². The summed E-state index contributed by atoms with van der Waals surface area (Å²) >= 11 is 8.69. The number of fused-ring (bicyclic) bond motifs is 1. The second-order valence-corrected chi connectivity index (χ2v) is 8.29. The highest BCUT2D eigenvalue weighted by molar-refractivity contribution is 7.99. The monoisotopic (exact) mass is 432 g/mol. The molecule has 4 rings (SSSR count). The number of amides is 1. The first kappa shape index (κ1) is 19.0. The zero-order valence-corrected chi connectivity index (χ0v) is 16.8. The van der Waals surface area contributed by atoms with Gasteiger partial charge in [0.15, 0.2) is 5.58 Å². The predicted octanol–water partition coefficient (Wildman–Crippen LogP) is 5.68. The number of nitrogens with one attached hydrogen (secondary N) is 1. The summed E-state index contributed by atoms with van der Waals surface area (Å²) < 4.78 is 18.9. The number of thiophene rings is 1. The molecule has 0 fully saturated rings. The number of halogens is 2. The highest BCUT2D eigenvalue weighted by atomic mass is 35.5. The van der Waals surface area contributed by atoms with Crippen molar-refractivity contribution in [2.75, 3.05) is 5.75 Å². The lowest BCUT2D eigenvalue weighted by atomic mass is 10.1. The predicted molar refractivity (Wildman–Crippen MR) is 110 cm³/mol. The van der Waals surface area contributed by atoms with Crippen LogP contribution in [0.1, 0.15) is 16.5 Å². The van der Waals surface area contributed by atoms with Crippen LogP contribution in [0.3, 0.4) is 0 Å². The molecule has 1 amide bonds. The molecule has 4 aromatic rings. The fraction of sp³-hybridized carbons (Fsp3) is 0.100. The molecule has 0 radical (unpaired) electrons. The van der Waals surface area contributed by atoms with Crippen molar-refractivity contribution in [2.24, 2.45) is 0 Å². The third-order valence-corrected chi connectivity index (χ3v) is 5.99. The molecule has 2 heterocycles. The van der Waals surface area contributed by atoms with E-state index in [1.807, 2.05) is 17.5 Å². The smallest absolute Gasteiger partial charge is 0.257 e. The van der Waals surface area contributed by atoms with E-state index in [0.717, 1.165) is 10.4 Å². The Bertz CT molecular complexity index is 1100. The molecule has 0 aliphatic rings. The van der Waals surface area contributed by atoms with Crippen molar-refractivity contribution in [1.82, 2.24) is 10.3 Å². The summed E-state index contributed by atoms with van der Waals surface area (Å²) in [4.78, 5) is 17.9. The van der Waals surface area contributed by atoms with Gasteiger partial charge < -0.3 is 9.73 Å². The van der Waals surface area contributed by atoms with Gasteiger partial charge in [-0.1, -0.05) is 41.6 Å². The number of aromatic nitrogens is 1. The molecule has 2 aromatic carbocycles. The molecule has 4 nitrogen and oxygen atoms in total. The van der Waals surface area contributed by atoms with Crippen LogP contribution in [0, 0.1) is 5.82 Å². The first-order valence-corrected chi connectivity index (χ1v) is 10.6. The average Bonchev–Trinajstić information content (AvgIpc) is 3.34. The van der Waals surface area contributed by atoms with Crippen LogP contribution in [-0.4, -0.2) is 16.6 Å². The van der Waals surface area contributed by atoms with Crippen LogP contribution < -0.4 is 5.32 Å². The van der Waals surface area contributed by atoms with E-state index in [2.05, 4.69) is 10.3 Å². The van der Waals surface area contributed by atoms with E-state index in [4.69, 9.17) is 16.0 Å². The zero-order chi connectivity index (χ0) is 19.5. The summed E-state index contributed by atoms with van der Waals surface area (Å²) in [6, 6.07) is 14.9. The van der Waals surface area contributed by atoms with Crippen molar-refractivity contribution in [3.05, 3.63) is 81.3 Å². The lowest BCUT2D eigenvalue weighted by molar-refractivity contribution is -0.119. The van der Waals surface area contributed by atoms with Crippen LogP contribution in [0.15, 0.2) is 69.6 Å². The topological polar surface area (TPSA) is 55.1 Å². The van der Waals surface area contributed by atoms with Crippen LogP contribution in [0.4, 0.5) is 4.39 Å². The molecule has 0 bridgehead atoms. The Morgan fingerprint density at radius 2 is 2.07 bits per heavy atom. The first-order valence-electron chi connectivity index (χ1n) is 8.35. The number of rotatable bonds is 6. The van der Waals surface area contributed by atoms with Gasteiger partial charge >= 0.3 is 0 Å². The molecule has 0 saturated carbocycles. The molecule has 1 N–H and O–H groups in total. The van der Waals surface area contributed by atoms with Crippen molar-refractivity contribution < 1.29 is 13.6 Å². The van der Waals surface area contributed by atoms with E-state index in [1.54, 1.807) is 30.3 Å². The molecule has 1 atom stereocenters. The fourth-order valence-electron chi connectivity index (χ4n) is 2.70. The normalized spacial score (nSPS) is 12.2. The maximum Gasteiger partial charge on any atom is 0.257 e. The molecule has 0 spiro atoms. The van der Waals surface area contributed by atoms with Crippen molar-refractivity contribution in [3.8, 4) is 0 Å². The van der Waals surface area contributed by atoms with Crippen molar-refractivity contribution in [2.45, 2.75) is 11.3 Å². The minimum Gasteiger partial charge on any atom is -0.431 e. The van der Waals surface area contributed by atoms with Gasteiger partial charge in [0.25, 0.3) is 5.22 Å². The number of hydrogen-bond donors (Lipinski definition) is 1. The van der Waals surface area contributed by atoms with Gasteiger partial charge in [0.2, 0.25) is 5.91 Å². The zero-order valence-electron chi connectivity index (χ0n) is 14.4. The number of benzene rings is 2. The molecule has 0 aliphatic carbocycles. The lowest BCUT2D eigenvalue weighted by Gasteiger charge is -2.18. The minimum atomic E-state index is -0.337. The highest BCUT2D eigenvalue weighted by Crippen LogP contribution is 2.28. The number of carbonyl (C=O) groups is 1. The lowest BCUT2D eigenvalue weighted by Crippen LogP contribution is -2.30. The number of oxazole rings is 1. The fourth-order valence-corrected chi connectivity index (χ4v) is 4.31. The third-order valence-electron chi connectivity index (χ3n) is 3.99. The average molecular weight is 433 g/mol. The molecule has 0 aliphatic heterocycles. The molecule has 2 aromatic heterocycles. The molecule has 142 valence electrons. The Morgan fingerprint density at radius 1 is 1.25 bits per heavy atom. The SMILES string of the molecule is O=C(CSc1nc2ccc(Cl)cc2o1)N[C@@H](c1ccc(F)cc1)c1cccs1. The van der Waals surface area contributed by atoms with Gasteiger partial charge in [-0.05, 0) is 41.3 Å². The highest BCUT2D eigenvalue weighted by Gasteiger charge is 2.19. The second kappa shape index (κ2) is 8.34. The number of carbonyl (C=O) groups excluding carboxylic acids is 1. The summed E-state index contributed by atoms with van der Waals surface area (Å²) in [5.41, 5.74) is 2.09. The van der Waals surface area contributed by atoms with Gasteiger partial charge in [-0.15, -0.1) is 11.3 Å². The van der Waals surface area contributed by atoms with E-state index in [9.17, 15) is 9.18 Å². The maximum absolute atomic E-state index is 13.3. The van der Waals surface area contributed by atoms with E-state index in [0.29, 0.717) is 21.3 Å². The van der Waals surface area contributed by atoms with Gasteiger partial charge in [-0.2, -0.15) is 0 Å². The van der Waals surface area contributed by atoms with E-state index >= 15 is 0 Å². The molecule has 0 saturated heterocycles. The Hall–Kier alpha value is -2.35. The summed E-state index contributed by atoms with van der Waals surface area (Å²) in [5, 5.41) is 5.92. The van der Waals surface area contributed by atoms with Crippen molar-refractivity contribution in [1.29, 1.82) is 0 Å². The molecule has 8 heteroatoms. The number of thioether (sulfide) groups is 1. The quantitative estimate of drug-likeness (QED) is 0.398. The Balaban J connectivity index is 1.46. The number of hydrogen-bond acceptors (Lipinski definition) is 5. The maximum atomic E-state index is 13.3. The first-order chi connectivity index (χ1) is 13.6. The van der Waals surface area contributed by atoms with E-state index in [1.165, 1.54) is 35.2 Å². The van der Waals surface area contributed by atoms with Crippen molar-refractivity contribution >= 4 is 51.7 Å². The molecule has 0 unspecified atom stereocenters. The van der Waals surface area contributed by atoms with Crippen LogP contribution in [0.2, 0.25) is 5.02 Å². The van der Waals surface area contributed by atoms with Gasteiger partial charge in [-0.3, -0.25) is 4.79 Å². The largest absolute Gasteiger partial charge is 0.431 e. The molecule has 28 heavy (non-hydrogen) atoms. The Labute approximate surface area is 173 Å². The van der Waals surface area contributed by atoms with Crippen molar-refractivity contribution in [3.63, 3.8) is 0 Å². The van der Waals surface area contributed by atoms with E-state index in [-0.39, 0.29) is 23.5 Å². The summed E-state index contributed by atoms with van der Waals surface area (Å²) in [6.45, 7) is 0. The Kier molecular flexibility index (Phi) is 5.66. The molecular weight excluding hydrogens is 419 g/mol. The Morgan fingerprint density at radius 3 is 2.82 bits per heavy atom. The minimum absolute atomic E-state index is 0.142. The van der Waals surface area contributed by atoms with Gasteiger partial charge in [0, 0.05) is 16.0 Å². The summed E-state index contributed by atoms with van der Waals surface area (Å²) in [6.07, 6.45) is 0. The van der Waals surface area contributed by atoms with Crippen LogP contribution >= 0.6 is 34.7 Å².